The highest BCUT2D eigenvalue weighted by Crippen LogP contribution is 2.38. The largest absolute Gasteiger partial charge is 0.235 e. The molecule has 0 fully saturated rings. The molecule has 1 aromatic carbocycles. The molecular weight excluding hydrogens is 308 g/mol. The summed E-state index contributed by atoms with van der Waals surface area (Å²) < 4.78 is 3.22. The van der Waals surface area contributed by atoms with Crippen LogP contribution in [-0.2, 0) is 0 Å². The summed E-state index contributed by atoms with van der Waals surface area (Å²) in [7, 11) is 0. The van der Waals surface area contributed by atoms with E-state index in [0.717, 1.165) is 14.7 Å². The average Bonchev–Trinajstić information content (AvgIpc) is 2.57. The average molecular weight is 314 g/mol. The van der Waals surface area contributed by atoms with Crippen molar-refractivity contribution in [1.82, 2.24) is 9.97 Å². The highest BCUT2D eigenvalue weighted by atomic mass is 79.9. The molecule has 0 N–H and O–H groups in total. The summed E-state index contributed by atoms with van der Waals surface area (Å²) >= 11 is 11.2. The number of nitrogens with zero attached hydrogens (tertiary/aromatic N) is 2. The molecule has 3 aromatic rings. The number of halogens is 2. The molecule has 0 aliphatic heterocycles. The van der Waals surface area contributed by atoms with Crippen LogP contribution in [-0.4, -0.2) is 9.97 Å². The van der Waals surface area contributed by atoms with Crippen LogP contribution in [0, 0.1) is 6.92 Å². The quantitative estimate of drug-likeness (QED) is 0.568. The molecule has 2 aromatic heterocycles. The Labute approximate surface area is 109 Å². The van der Waals surface area contributed by atoms with Gasteiger partial charge in [0, 0.05) is 14.6 Å². The van der Waals surface area contributed by atoms with Gasteiger partial charge in [-0.15, -0.1) is 11.3 Å². The molecule has 80 valence electrons. The first-order chi connectivity index (χ1) is 7.66. The lowest BCUT2D eigenvalue weighted by Crippen LogP contribution is -1.80. The first kappa shape index (κ1) is 10.4. The van der Waals surface area contributed by atoms with Gasteiger partial charge in [0.15, 0.2) is 0 Å². The van der Waals surface area contributed by atoms with E-state index < -0.39 is 0 Å². The van der Waals surface area contributed by atoms with Gasteiger partial charge in [0.2, 0.25) is 0 Å². The molecule has 0 radical (unpaired) electrons. The standard InChI is InChI=1S/C11H6BrClN2S/c1-5-2-6(12)3-7-8(5)9-10(16-7)11(13)15-4-14-9/h2-4H,1H3. The van der Waals surface area contributed by atoms with E-state index >= 15 is 0 Å². The highest BCUT2D eigenvalue weighted by molar-refractivity contribution is 9.10. The zero-order valence-corrected chi connectivity index (χ0v) is 11.4. The number of benzene rings is 1. The number of hydrogen-bond donors (Lipinski definition) is 0. The Morgan fingerprint density at radius 2 is 2.12 bits per heavy atom. The second kappa shape index (κ2) is 3.65. The monoisotopic (exact) mass is 312 g/mol. The lowest BCUT2D eigenvalue weighted by atomic mass is 10.1. The minimum Gasteiger partial charge on any atom is -0.235 e. The van der Waals surface area contributed by atoms with Gasteiger partial charge in [0.1, 0.15) is 11.5 Å². The third-order valence-electron chi connectivity index (χ3n) is 2.47. The molecule has 0 spiro atoms. The van der Waals surface area contributed by atoms with Crippen LogP contribution in [0.4, 0.5) is 0 Å². The van der Waals surface area contributed by atoms with Crippen molar-refractivity contribution < 1.29 is 0 Å². The Morgan fingerprint density at radius 1 is 1.31 bits per heavy atom. The van der Waals surface area contributed by atoms with E-state index in [1.165, 1.54) is 22.0 Å². The van der Waals surface area contributed by atoms with Crippen molar-refractivity contribution in [3.63, 3.8) is 0 Å². The van der Waals surface area contributed by atoms with E-state index in [1.807, 2.05) is 0 Å². The van der Waals surface area contributed by atoms with Crippen molar-refractivity contribution in [2.24, 2.45) is 0 Å². The molecule has 0 atom stereocenters. The molecule has 0 bridgehead atoms. The smallest absolute Gasteiger partial charge is 0.150 e. The Balaban J connectivity index is 2.61. The Kier molecular flexibility index (Phi) is 2.38. The fourth-order valence-corrected chi connectivity index (χ4v) is 3.95. The third kappa shape index (κ3) is 1.44. The molecule has 0 saturated heterocycles. The Hall–Kier alpha value is -0.710. The van der Waals surface area contributed by atoms with E-state index in [1.54, 1.807) is 11.3 Å². The van der Waals surface area contributed by atoms with Crippen LogP contribution in [0.5, 0.6) is 0 Å². The molecule has 0 amide bonds. The van der Waals surface area contributed by atoms with Crippen LogP contribution in [0.25, 0.3) is 20.3 Å². The molecule has 0 unspecified atom stereocenters. The minimum atomic E-state index is 0.529. The first-order valence-electron chi connectivity index (χ1n) is 4.65. The van der Waals surface area contributed by atoms with Crippen molar-refractivity contribution in [2.75, 3.05) is 0 Å². The number of aryl methyl sites for hydroxylation is 1. The summed E-state index contributed by atoms with van der Waals surface area (Å²) in [6.45, 7) is 2.08. The van der Waals surface area contributed by atoms with Crippen LogP contribution >= 0.6 is 38.9 Å². The van der Waals surface area contributed by atoms with Crippen molar-refractivity contribution in [3.05, 3.63) is 33.6 Å². The van der Waals surface area contributed by atoms with Crippen molar-refractivity contribution in [2.45, 2.75) is 6.92 Å². The Bertz CT molecular complexity index is 708. The number of hydrogen-bond acceptors (Lipinski definition) is 3. The number of thiophene rings is 1. The fraction of sp³-hybridized carbons (Fsp3) is 0.0909. The van der Waals surface area contributed by atoms with E-state index in [4.69, 9.17) is 11.6 Å². The van der Waals surface area contributed by atoms with Crippen LogP contribution in [0.3, 0.4) is 0 Å². The SMILES string of the molecule is Cc1cc(Br)cc2sc3c(Cl)ncnc3c12. The van der Waals surface area contributed by atoms with Gasteiger partial charge in [-0.05, 0) is 24.6 Å². The lowest BCUT2D eigenvalue weighted by molar-refractivity contribution is 1.23. The number of rotatable bonds is 0. The Morgan fingerprint density at radius 3 is 2.94 bits per heavy atom. The molecule has 2 heterocycles. The van der Waals surface area contributed by atoms with Gasteiger partial charge in [-0.2, -0.15) is 0 Å². The minimum absolute atomic E-state index is 0.529. The van der Waals surface area contributed by atoms with E-state index in [2.05, 4.69) is 45.0 Å². The van der Waals surface area contributed by atoms with Gasteiger partial charge >= 0.3 is 0 Å². The first-order valence-corrected chi connectivity index (χ1v) is 6.64. The lowest BCUT2D eigenvalue weighted by Gasteiger charge is -1.97. The van der Waals surface area contributed by atoms with Gasteiger partial charge in [-0.25, -0.2) is 9.97 Å². The maximum absolute atomic E-state index is 6.07. The van der Waals surface area contributed by atoms with Crippen LogP contribution in [0.1, 0.15) is 5.56 Å². The van der Waals surface area contributed by atoms with E-state index in [0.29, 0.717) is 5.15 Å². The molecule has 0 aliphatic carbocycles. The van der Waals surface area contributed by atoms with Crippen LogP contribution < -0.4 is 0 Å². The normalized spacial score (nSPS) is 11.4. The van der Waals surface area contributed by atoms with E-state index in [-0.39, 0.29) is 0 Å². The second-order valence-corrected chi connectivity index (χ2v) is 5.87. The van der Waals surface area contributed by atoms with Gasteiger partial charge in [-0.3, -0.25) is 0 Å². The van der Waals surface area contributed by atoms with E-state index in [9.17, 15) is 0 Å². The maximum Gasteiger partial charge on any atom is 0.150 e. The van der Waals surface area contributed by atoms with Gasteiger partial charge in [0.25, 0.3) is 0 Å². The summed E-state index contributed by atoms with van der Waals surface area (Å²) in [5.41, 5.74) is 2.15. The summed E-state index contributed by atoms with van der Waals surface area (Å²) in [6, 6.07) is 4.18. The molecule has 3 rings (SSSR count). The van der Waals surface area contributed by atoms with Crippen molar-refractivity contribution in [1.29, 1.82) is 0 Å². The summed E-state index contributed by atoms with van der Waals surface area (Å²) in [4.78, 5) is 8.33. The van der Waals surface area contributed by atoms with Crippen LogP contribution in [0.2, 0.25) is 5.15 Å². The number of fused-ring (bicyclic) bond motifs is 3. The number of aromatic nitrogens is 2. The molecule has 16 heavy (non-hydrogen) atoms. The fourth-order valence-electron chi connectivity index (χ4n) is 1.83. The van der Waals surface area contributed by atoms with Gasteiger partial charge in [0.05, 0.1) is 10.2 Å². The van der Waals surface area contributed by atoms with Crippen LogP contribution in [0.15, 0.2) is 22.9 Å². The third-order valence-corrected chi connectivity index (χ3v) is 4.46. The second-order valence-electron chi connectivity index (χ2n) is 3.54. The predicted octanol–water partition coefficient (Wildman–Crippen LogP) is 4.57. The summed E-state index contributed by atoms with van der Waals surface area (Å²) in [5, 5.41) is 1.70. The van der Waals surface area contributed by atoms with Gasteiger partial charge in [-0.1, -0.05) is 27.5 Å². The molecule has 0 saturated carbocycles. The zero-order valence-electron chi connectivity index (χ0n) is 8.29. The van der Waals surface area contributed by atoms with Crippen molar-refractivity contribution in [3.8, 4) is 0 Å². The topological polar surface area (TPSA) is 25.8 Å². The summed E-state index contributed by atoms with van der Waals surface area (Å²) in [5.74, 6) is 0. The van der Waals surface area contributed by atoms with Crippen molar-refractivity contribution >= 4 is 59.2 Å². The maximum atomic E-state index is 6.07. The summed E-state index contributed by atoms with van der Waals surface area (Å²) in [6.07, 6.45) is 1.51. The highest BCUT2D eigenvalue weighted by Gasteiger charge is 2.12. The molecular formula is C11H6BrClN2S. The zero-order chi connectivity index (χ0) is 11.3. The molecule has 0 aliphatic rings. The molecule has 5 heteroatoms. The van der Waals surface area contributed by atoms with Gasteiger partial charge < -0.3 is 0 Å². The molecule has 2 nitrogen and oxygen atoms in total. The predicted molar refractivity (Wildman–Crippen MR) is 72.4 cm³/mol.